The van der Waals surface area contributed by atoms with Gasteiger partial charge in [0.25, 0.3) is 0 Å². The number of imidazole rings is 1. The maximum Gasteiger partial charge on any atom is 0.150 e. The van der Waals surface area contributed by atoms with Gasteiger partial charge in [0, 0.05) is 30.5 Å². The molecule has 0 spiro atoms. The van der Waals surface area contributed by atoms with Crippen LogP contribution in [0.3, 0.4) is 0 Å². The number of nitrogens with one attached hydrogen (secondary N) is 1. The van der Waals surface area contributed by atoms with Crippen LogP contribution in [-0.2, 0) is 0 Å². The van der Waals surface area contributed by atoms with E-state index in [2.05, 4.69) is 24.8 Å². The second-order valence-electron chi connectivity index (χ2n) is 5.35. The minimum Gasteiger partial charge on any atom is -0.354 e. The first kappa shape index (κ1) is 12.6. The molecule has 0 radical (unpaired) electrons. The maximum absolute atomic E-state index is 6.00. The van der Waals surface area contributed by atoms with Crippen LogP contribution < -0.4 is 4.90 Å². The molecule has 6 heteroatoms. The molecule has 4 rings (SSSR count). The van der Waals surface area contributed by atoms with Gasteiger partial charge < -0.3 is 9.88 Å². The topological polar surface area (TPSA) is 57.7 Å². The summed E-state index contributed by atoms with van der Waals surface area (Å²) in [5.41, 5.74) is 2.92. The lowest BCUT2D eigenvalue weighted by molar-refractivity contribution is 0.499. The number of halogens is 1. The number of anilines is 1. The quantitative estimate of drug-likeness (QED) is 0.790. The number of benzene rings is 1. The van der Waals surface area contributed by atoms with Crippen molar-refractivity contribution in [2.24, 2.45) is 0 Å². The molecule has 0 saturated carbocycles. The van der Waals surface area contributed by atoms with Crippen molar-refractivity contribution in [2.45, 2.75) is 12.8 Å². The van der Waals surface area contributed by atoms with E-state index in [-0.39, 0.29) is 0 Å². The highest BCUT2D eigenvalue weighted by molar-refractivity contribution is 6.31. The summed E-state index contributed by atoms with van der Waals surface area (Å²) in [6.07, 6.45) is 3.46. The first-order chi connectivity index (χ1) is 10.2. The molecule has 21 heavy (non-hydrogen) atoms. The van der Waals surface area contributed by atoms with Crippen LogP contribution in [0.2, 0.25) is 5.02 Å². The van der Waals surface area contributed by atoms with Crippen LogP contribution in [-0.4, -0.2) is 33.0 Å². The average Bonchev–Trinajstić information content (AvgIpc) is 2.81. The molecule has 2 aromatic heterocycles. The highest BCUT2D eigenvalue weighted by atomic mass is 35.5. The Hall–Kier alpha value is -2.14. The number of aromatic amines is 1. The molecule has 1 fully saturated rings. The number of H-pyrrole nitrogens is 1. The number of hydrogen-bond donors (Lipinski definition) is 1. The van der Waals surface area contributed by atoms with Crippen LogP contribution in [0.1, 0.15) is 17.4 Å². The van der Waals surface area contributed by atoms with Crippen LogP contribution >= 0.6 is 11.6 Å². The fourth-order valence-electron chi connectivity index (χ4n) is 2.73. The van der Waals surface area contributed by atoms with Gasteiger partial charge in [-0.05, 0) is 25.1 Å². The summed E-state index contributed by atoms with van der Waals surface area (Å²) < 4.78 is 0. The van der Waals surface area contributed by atoms with Crippen molar-refractivity contribution in [1.82, 2.24) is 19.9 Å². The predicted molar refractivity (Wildman–Crippen MR) is 82.8 cm³/mol. The molecule has 3 heterocycles. The summed E-state index contributed by atoms with van der Waals surface area (Å²) in [5, 5.41) is 0.714. The van der Waals surface area contributed by atoms with E-state index in [1.54, 1.807) is 12.4 Å². The van der Waals surface area contributed by atoms with E-state index in [0.717, 1.165) is 41.5 Å². The van der Waals surface area contributed by atoms with Crippen molar-refractivity contribution in [1.29, 1.82) is 0 Å². The molecule has 3 aromatic rings. The van der Waals surface area contributed by atoms with Gasteiger partial charge in [-0.15, -0.1) is 0 Å². The van der Waals surface area contributed by atoms with Gasteiger partial charge in [-0.1, -0.05) is 11.6 Å². The molecule has 1 N–H and O–H groups in total. The molecule has 1 aromatic carbocycles. The number of aromatic nitrogens is 4. The molecule has 0 amide bonds. The predicted octanol–water partition coefficient (Wildman–Crippen LogP) is 2.92. The molecular weight excluding hydrogens is 286 g/mol. The van der Waals surface area contributed by atoms with Crippen LogP contribution in [0, 0.1) is 6.92 Å². The number of hydrogen-bond acceptors (Lipinski definition) is 4. The molecule has 1 aliphatic rings. The zero-order valence-electron chi connectivity index (χ0n) is 11.5. The molecule has 0 bridgehead atoms. The third-order valence-electron chi connectivity index (χ3n) is 3.89. The molecule has 0 aliphatic carbocycles. The lowest BCUT2D eigenvalue weighted by Gasteiger charge is -2.39. The fourth-order valence-corrected chi connectivity index (χ4v) is 2.89. The summed E-state index contributed by atoms with van der Waals surface area (Å²) in [7, 11) is 0. The summed E-state index contributed by atoms with van der Waals surface area (Å²) in [6, 6.07) is 5.74. The number of rotatable bonds is 2. The SMILES string of the molecule is Cc1nccnc1N1CC(c2nc3cc(Cl)ccc3[nH]2)C1. The van der Waals surface area contributed by atoms with E-state index in [0.29, 0.717) is 10.9 Å². The van der Waals surface area contributed by atoms with Crippen molar-refractivity contribution in [3.8, 4) is 0 Å². The number of aryl methyl sites for hydroxylation is 1. The zero-order chi connectivity index (χ0) is 14.4. The van der Waals surface area contributed by atoms with Gasteiger partial charge >= 0.3 is 0 Å². The van der Waals surface area contributed by atoms with E-state index >= 15 is 0 Å². The van der Waals surface area contributed by atoms with Crippen LogP contribution in [0.5, 0.6) is 0 Å². The molecular formula is C15H14ClN5. The lowest BCUT2D eigenvalue weighted by atomic mass is 9.99. The highest BCUT2D eigenvalue weighted by Gasteiger charge is 2.32. The summed E-state index contributed by atoms with van der Waals surface area (Å²) in [5.74, 6) is 2.38. The Labute approximate surface area is 127 Å². The van der Waals surface area contributed by atoms with E-state index in [1.807, 2.05) is 25.1 Å². The Morgan fingerprint density at radius 2 is 2.05 bits per heavy atom. The summed E-state index contributed by atoms with van der Waals surface area (Å²) in [4.78, 5) is 18.9. The van der Waals surface area contributed by atoms with Gasteiger partial charge in [0.15, 0.2) is 0 Å². The third kappa shape index (κ3) is 2.14. The molecule has 106 valence electrons. The standard InChI is InChI=1S/C15H14ClN5/c1-9-15(18-5-4-17-9)21-7-10(8-21)14-19-12-3-2-11(16)6-13(12)20-14/h2-6,10H,7-8H2,1H3,(H,19,20). The average molecular weight is 300 g/mol. The number of fused-ring (bicyclic) bond motifs is 1. The van der Waals surface area contributed by atoms with Gasteiger partial charge in [-0.2, -0.15) is 0 Å². The van der Waals surface area contributed by atoms with E-state index in [1.165, 1.54) is 0 Å². The second-order valence-corrected chi connectivity index (χ2v) is 5.79. The fraction of sp³-hybridized carbons (Fsp3) is 0.267. The highest BCUT2D eigenvalue weighted by Crippen LogP contribution is 2.31. The van der Waals surface area contributed by atoms with Crippen LogP contribution in [0.15, 0.2) is 30.6 Å². The van der Waals surface area contributed by atoms with E-state index in [4.69, 9.17) is 11.6 Å². The van der Waals surface area contributed by atoms with Gasteiger partial charge in [-0.25, -0.2) is 9.97 Å². The Bertz CT molecular complexity index is 807. The Balaban J connectivity index is 1.55. The Morgan fingerprint density at radius 3 is 2.86 bits per heavy atom. The van der Waals surface area contributed by atoms with E-state index < -0.39 is 0 Å². The normalized spacial score (nSPS) is 15.4. The van der Waals surface area contributed by atoms with Crippen LogP contribution in [0.25, 0.3) is 11.0 Å². The van der Waals surface area contributed by atoms with Gasteiger partial charge in [-0.3, -0.25) is 4.98 Å². The van der Waals surface area contributed by atoms with Crippen molar-refractivity contribution >= 4 is 28.5 Å². The van der Waals surface area contributed by atoms with Crippen molar-refractivity contribution in [3.05, 3.63) is 47.1 Å². The smallest absolute Gasteiger partial charge is 0.150 e. The van der Waals surface area contributed by atoms with Crippen LogP contribution in [0.4, 0.5) is 5.82 Å². The molecule has 5 nitrogen and oxygen atoms in total. The van der Waals surface area contributed by atoms with Crippen molar-refractivity contribution in [2.75, 3.05) is 18.0 Å². The van der Waals surface area contributed by atoms with Gasteiger partial charge in [0.2, 0.25) is 0 Å². The van der Waals surface area contributed by atoms with Crippen molar-refractivity contribution in [3.63, 3.8) is 0 Å². The molecule has 0 atom stereocenters. The largest absolute Gasteiger partial charge is 0.354 e. The second kappa shape index (κ2) is 4.70. The Morgan fingerprint density at radius 1 is 1.24 bits per heavy atom. The Kier molecular flexibility index (Phi) is 2.82. The molecule has 1 aliphatic heterocycles. The molecule has 1 saturated heterocycles. The number of nitrogens with zero attached hydrogens (tertiary/aromatic N) is 4. The zero-order valence-corrected chi connectivity index (χ0v) is 12.3. The molecule has 0 unspecified atom stereocenters. The maximum atomic E-state index is 6.00. The minimum absolute atomic E-state index is 0.401. The third-order valence-corrected chi connectivity index (χ3v) is 4.12. The van der Waals surface area contributed by atoms with Gasteiger partial charge in [0.1, 0.15) is 11.6 Å². The summed E-state index contributed by atoms with van der Waals surface area (Å²) in [6.45, 7) is 3.80. The van der Waals surface area contributed by atoms with E-state index in [9.17, 15) is 0 Å². The minimum atomic E-state index is 0.401. The first-order valence-electron chi connectivity index (χ1n) is 6.88. The summed E-state index contributed by atoms with van der Waals surface area (Å²) >= 11 is 6.00. The van der Waals surface area contributed by atoms with Gasteiger partial charge in [0.05, 0.1) is 22.6 Å². The van der Waals surface area contributed by atoms with Crippen molar-refractivity contribution < 1.29 is 0 Å². The first-order valence-corrected chi connectivity index (χ1v) is 7.26. The monoisotopic (exact) mass is 299 g/mol. The lowest BCUT2D eigenvalue weighted by Crippen LogP contribution is -2.46.